The molecule has 1 atom stereocenters. The summed E-state index contributed by atoms with van der Waals surface area (Å²) in [4.78, 5) is 11.4. The average molecular weight is 255 g/mol. The predicted octanol–water partition coefficient (Wildman–Crippen LogP) is 1.26. The zero-order chi connectivity index (χ0) is 13.5. The van der Waals surface area contributed by atoms with E-state index >= 15 is 0 Å². The molecule has 1 aromatic carbocycles. The van der Waals surface area contributed by atoms with Crippen molar-refractivity contribution in [2.45, 2.75) is 25.9 Å². The minimum Gasteiger partial charge on any atom is -0.494 e. The summed E-state index contributed by atoms with van der Waals surface area (Å²) >= 11 is 0. The van der Waals surface area contributed by atoms with Crippen molar-refractivity contribution in [3.63, 3.8) is 0 Å². The number of aliphatic hydroxyl groups excluding tert-OH is 1. The number of ether oxygens (including phenoxy) is 1. The maximum absolute atomic E-state index is 13.4. The number of methoxy groups -OCH3 is 1. The zero-order valence-corrected chi connectivity index (χ0v) is 10.6. The molecule has 0 saturated carbocycles. The van der Waals surface area contributed by atoms with Gasteiger partial charge >= 0.3 is 0 Å². The van der Waals surface area contributed by atoms with Crippen molar-refractivity contribution in [1.82, 2.24) is 5.32 Å². The van der Waals surface area contributed by atoms with Crippen molar-refractivity contribution < 1.29 is 19.0 Å². The second-order valence-electron chi connectivity index (χ2n) is 4.12. The summed E-state index contributed by atoms with van der Waals surface area (Å²) in [5.74, 6) is -0.399. The van der Waals surface area contributed by atoms with Crippen molar-refractivity contribution >= 4 is 5.91 Å². The summed E-state index contributed by atoms with van der Waals surface area (Å²) in [6.45, 7) is 1.83. The molecular weight excluding hydrogens is 237 g/mol. The Balaban J connectivity index is 2.43. The van der Waals surface area contributed by atoms with Gasteiger partial charge in [-0.05, 0) is 31.0 Å². The molecule has 1 rings (SSSR count). The van der Waals surface area contributed by atoms with Gasteiger partial charge in [-0.15, -0.1) is 0 Å². The first-order chi connectivity index (χ1) is 8.52. The number of halogens is 1. The lowest BCUT2D eigenvalue weighted by Gasteiger charge is -2.08. The van der Waals surface area contributed by atoms with Gasteiger partial charge in [0.2, 0.25) is 5.91 Å². The third kappa shape index (κ3) is 4.71. The number of nitrogens with one attached hydrogen (secondary N) is 1. The molecule has 100 valence electrons. The molecule has 1 aromatic rings. The summed E-state index contributed by atoms with van der Waals surface area (Å²) in [6.07, 6.45) is 0.151. The van der Waals surface area contributed by atoms with Crippen LogP contribution in [-0.2, 0) is 11.2 Å². The van der Waals surface area contributed by atoms with E-state index < -0.39 is 11.9 Å². The van der Waals surface area contributed by atoms with Crippen molar-refractivity contribution in [3.8, 4) is 5.75 Å². The van der Waals surface area contributed by atoms with Crippen LogP contribution in [0.15, 0.2) is 18.2 Å². The largest absolute Gasteiger partial charge is 0.494 e. The number of hydrogen-bond acceptors (Lipinski definition) is 3. The molecule has 0 aliphatic rings. The van der Waals surface area contributed by atoms with Gasteiger partial charge in [0.15, 0.2) is 11.6 Å². The number of aryl methyl sites for hydroxylation is 1. The topological polar surface area (TPSA) is 58.6 Å². The third-order valence-electron chi connectivity index (χ3n) is 2.45. The highest BCUT2D eigenvalue weighted by molar-refractivity contribution is 5.76. The highest BCUT2D eigenvalue weighted by Crippen LogP contribution is 2.18. The van der Waals surface area contributed by atoms with Crippen LogP contribution in [-0.4, -0.2) is 30.8 Å². The Bertz CT molecular complexity index is 407. The number of hydrogen-bond donors (Lipinski definition) is 2. The van der Waals surface area contributed by atoms with Gasteiger partial charge in [0.1, 0.15) is 0 Å². The van der Waals surface area contributed by atoms with Crippen LogP contribution >= 0.6 is 0 Å². The smallest absolute Gasteiger partial charge is 0.220 e. The molecule has 18 heavy (non-hydrogen) atoms. The zero-order valence-electron chi connectivity index (χ0n) is 10.6. The van der Waals surface area contributed by atoms with E-state index in [2.05, 4.69) is 5.32 Å². The third-order valence-corrected chi connectivity index (χ3v) is 2.45. The summed E-state index contributed by atoms with van der Waals surface area (Å²) in [7, 11) is 1.40. The van der Waals surface area contributed by atoms with Gasteiger partial charge < -0.3 is 15.2 Å². The Morgan fingerprint density at radius 3 is 2.83 bits per heavy atom. The highest BCUT2D eigenvalue weighted by Gasteiger charge is 2.06. The second-order valence-corrected chi connectivity index (χ2v) is 4.12. The van der Waals surface area contributed by atoms with E-state index in [4.69, 9.17) is 9.84 Å². The van der Waals surface area contributed by atoms with Crippen LogP contribution in [0.25, 0.3) is 0 Å². The van der Waals surface area contributed by atoms with Gasteiger partial charge in [-0.1, -0.05) is 6.07 Å². The first-order valence-electron chi connectivity index (χ1n) is 5.80. The molecule has 0 fully saturated rings. The van der Waals surface area contributed by atoms with Gasteiger partial charge in [0.25, 0.3) is 0 Å². The van der Waals surface area contributed by atoms with Crippen molar-refractivity contribution in [3.05, 3.63) is 29.6 Å². The molecule has 0 aliphatic heterocycles. The van der Waals surface area contributed by atoms with E-state index in [0.717, 1.165) is 5.56 Å². The molecule has 0 spiro atoms. The van der Waals surface area contributed by atoms with E-state index in [1.54, 1.807) is 19.1 Å². The van der Waals surface area contributed by atoms with Gasteiger partial charge in [0.05, 0.1) is 13.2 Å². The summed E-state index contributed by atoms with van der Waals surface area (Å²) in [6, 6.07) is 4.63. The molecular formula is C13H18FNO3. The minimum absolute atomic E-state index is 0.160. The van der Waals surface area contributed by atoms with E-state index in [9.17, 15) is 9.18 Å². The van der Waals surface area contributed by atoms with Gasteiger partial charge in [-0.3, -0.25) is 4.79 Å². The van der Waals surface area contributed by atoms with Crippen LogP contribution in [0.1, 0.15) is 18.9 Å². The van der Waals surface area contributed by atoms with Crippen LogP contribution in [0, 0.1) is 5.82 Å². The van der Waals surface area contributed by atoms with E-state index in [-0.39, 0.29) is 24.6 Å². The quantitative estimate of drug-likeness (QED) is 0.804. The average Bonchev–Trinajstić information content (AvgIpc) is 2.34. The molecule has 2 N–H and O–H groups in total. The standard InChI is InChI=1S/C13H18FNO3/c1-9(16)8-15-13(17)6-4-10-3-5-12(18-2)11(14)7-10/h3,5,7,9,16H,4,6,8H2,1-2H3,(H,15,17). The molecule has 0 heterocycles. The molecule has 5 heteroatoms. The molecule has 0 aromatic heterocycles. The number of carbonyl (C=O) groups excluding carboxylic acids is 1. The normalized spacial score (nSPS) is 12.0. The number of amides is 1. The Labute approximate surface area is 106 Å². The maximum Gasteiger partial charge on any atom is 0.220 e. The fourth-order valence-corrected chi connectivity index (χ4v) is 1.47. The SMILES string of the molecule is COc1ccc(CCC(=O)NCC(C)O)cc1F. The maximum atomic E-state index is 13.4. The van der Waals surface area contributed by atoms with Crippen LogP contribution in [0.3, 0.4) is 0 Å². The van der Waals surface area contributed by atoms with E-state index in [0.29, 0.717) is 6.42 Å². The molecule has 0 aliphatic carbocycles. The van der Waals surface area contributed by atoms with Gasteiger partial charge in [0, 0.05) is 13.0 Å². The fourth-order valence-electron chi connectivity index (χ4n) is 1.47. The Hall–Kier alpha value is -1.62. The van der Waals surface area contributed by atoms with E-state index in [1.165, 1.54) is 13.2 Å². The number of carbonyl (C=O) groups is 1. The van der Waals surface area contributed by atoms with Crippen LogP contribution < -0.4 is 10.1 Å². The summed E-state index contributed by atoms with van der Waals surface area (Å²) in [5, 5.41) is 11.6. The molecule has 4 nitrogen and oxygen atoms in total. The van der Waals surface area contributed by atoms with Crippen molar-refractivity contribution in [2.75, 3.05) is 13.7 Å². The Morgan fingerprint density at radius 1 is 1.56 bits per heavy atom. The fraction of sp³-hybridized carbons (Fsp3) is 0.462. The van der Waals surface area contributed by atoms with Crippen LogP contribution in [0.5, 0.6) is 5.75 Å². The lowest BCUT2D eigenvalue weighted by Crippen LogP contribution is -2.30. The minimum atomic E-state index is -0.563. The Kier molecular flexibility index (Phi) is 5.58. The first kappa shape index (κ1) is 14.4. The number of benzene rings is 1. The van der Waals surface area contributed by atoms with Crippen LogP contribution in [0.2, 0.25) is 0 Å². The lowest BCUT2D eigenvalue weighted by atomic mass is 10.1. The number of rotatable bonds is 6. The molecule has 0 bridgehead atoms. The molecule has 1 amide bonds. The predicted molar refractivity (Wildman–Crippen MR) is 66.0 cm³/mol. The summed E-state index contributed by atoms with van der Waals surface area (Å²) < 4.78 is 18.2. The van der Waals surface area contributed by atoms with Crippen LogP contribution in [0.4, 0.5) is 4.39 Å². The van der Waals surface area contributed by atoms with Gasteiger partial charge in [-0.25, -0.2) is 4.39 Å². The van der Waals surface area contributed by atoms with Gasteiger partial charge in [-0.2, -0.15) is 0 Å². The molecule has 0 saturated heterocycles. The monoisotopic (exact) mass is 255 g/mol. The first-order valence-corrected chi connectivity index (χ1v) is 5.80. The van der Waals surface area contributed by atoms with Crippen molar-refractivity contribution in [1.29, 1.82) is 0 Å². The number of aliphatic hydroxyl groups is 1. The Morgan fingerprint density at radius 2 is 2.28 bits per heavy atom. The van der Waals surface area contributed by atoms with E-state index in [1.807, 2.05) is 0 Å². The van der Waals surface area contributed by atoms with Crippen molar-refractivity contribution in [2.24, 2.45) is 0 Å². The molecule has 1 unspecified atom stereocenters. The lowest BCUT2D eigenvalue weighted by molar-refractivity contribution is -0.121. The summed E-state index contributed by atoms with van der Waals surface area (Å²) in [5.41, 5.74) is 0.737. The second kappa shape index (κ2) is 6.96. The highest BCUT2D eigenvalue weighted by atomic mass is 19.1. The molecule has 0 radical (unpaired) electrons.